The lowest BCUT2D eigenvalue weighted by molar-refractivity contribution is 0.0656. The number of likely N-dealkylation sites (tertiary alicyclic amines) is 1. The molecule has 0 unspecified atom stereocenters. The number of nitrogens with zero attached hydrogens (tertiary/aromatic N) is 3. The van der Waals surface area contributed by atoms with E-state index in [0.29, 0.717) is 31.2 Å². The molecule has 3 aromatic rings. The van der Waals surface area contributed by atoms with Crippen LogP contribution in [-0.2, 0) is 6.42 Å². The van der Waals surface area contributed by atoms with Crippen LogP contribution in [0.2, 0.25) is 0 Å². The monoisotopic (exact) mass is 409 g/mol. The highest BCUT2D eigenvalue weighted by Crippen LogP contribution is 2.28. The fourth-order valence-electron chi connectivity index (χ4n) is 3.72. The summed E-state index contributed by atoms with van der Waals surface area (Å²) < 4.78 is 16.5. The first-order valence-electron chi connectivity index (χ1n) is 10.4. The average Bonchev–Trinajstić information content (AvgIpc) is 3.44. The molecule has 1 amide bonds. The Morgan fingerprint density at radius 2 is 2.10 bits per heavy atom. The van der Waals surface area contributed by atoms with Crippen molar-refractivity contribution in [2.24, 2.45) is 0 Å². The van der Waals surface area contributed by atoms with Crippen LogP contribution in [0.15, 0.2) is 45.5 Å². The molecule has 7 heteroatoms. The van der Waals surface area contributed by atoms with E-state index >= 15 is 0 Å². The summed E-state index contributed by atoms with van der Waals surface area (Å²) in [5.74, 6) is 2.82. The second-order valence-electron chi connectivity index (χ2n) is 8.05. The van der Waals surface area contributed by atoms with Gasteiger partial charge in [0.1, 0.15) is 11.5 Å². The smallest absolute Gasteiger partial charge is 0.292 e. The maximum atomic E-state index is 12.8. The molecule has 0 aliphatic carbocycles. The third-order valence-corrected chi connectivity index (χ3v) is 5.50. The molecule has 1 aliphatic heterocycles. The van der Waals surface area contributed by atoms with Gasteiger partial charge < -0.3 is 18.6 Å². The first kappa shape index (κ1) is 20.2. The highest BCUT2D eigenvalue weighted by molar-refractivity contribution is 5.91. The van der Waals surface area contributed by atoms with Gasteiger partial charge in [0.05, 0.1) is 24.9 Å². The summed E-state index contributed by atoms with van der Waals surface area (Å²) in [6.07, 6.45) is 4.30. The molecule has 1 fully saturated rings. The normalized spacial score (nSPS) is 16.8. The number of oxazole rings is 1. The molecule has 1 saturated heterocycles. The van der Waals surface area contributed by atoms with Gasteiger partial charge in [-0.05, 0) is 36.5 Å². The lowest BCUT2D eigenvalue weighted by atomic mass is 9.97. The number of methoxy groups -OCH3 is 1. The minimum atomic E-state index is -0.121. The van der Waals surface area contributed by atoms with E-state index in [-0.39, 0.29) is 17.7 Å². The molecule has 7 nitrogen and oxygen atoms in total. The van der Waals surface area contributed by atoms with Crippen LogP contribution in [0, 0.1) is 0 Å². The second kappa shape index (κ2) is 8.73. The van der Waals surface area contributed by atoms with E-state index < -0.39 is 0 Å². The number of benzene rings is 1. The maximum absolute atomic E-state index is 12.8. The van der Waals surface area contributed by atoms with Crippen LogP contribution >= 0.6 is 0 Å². The molecule has 0 N–H and O–H groups in total. The molecule has 3 heterocycles. The van der Waals surface area contributed by atoms with Crippen LogP contribution in [0.1, 0.15) is 72.0 Å². The molecule has 30 heavy (non-hydrogen) atoms. The van der Waals surface area contributed by atoms with E-state index in [4.69, 9.17) is 13.7 Å². The molecule has 1 atom stereocenters. The zero-order chi connectivity index (χ0) is 21.1. The molecular formula is C23H27N3O4. The van der Waals surface area contributed by atoms with Gasteiger partial charge in [-0.25, -0.2) is 4.98 Å². The minimum absolute atomic E-state index is 0.0832. The number of carbonyl (C=O) groups is 1. The Bertz CT molecular complexity index is 990. The highest BCUT2D eigenvalue weighted by Gasteiger charge is 2.30. The fraction of sp³-hybridized carbons (Fsp3) is 0.435. The van der Waals surface area contributed by atoms with Gasteiger partial charge in [-0.2, -0.15) is 0 Å². The number of aromatic nitrogens is 2. The third-order valence-electron chi connectivity index (χ3n) is 5.50. The Kier molecular flexibility index (Phi) is 5.88. The summed E-state index contributed by atoms with van der Waals surface area (Å²) in [5.41, 5.74) is 1.92. The number of rotatable bonds is 6. The Morgan fingerprint density at radius 3 is 2.80 bits per heavy atom. The van der Waals surface area contributed by atoms with Crippen molar-refractivity contribution in [2.45, 2.75) is 44.9 Å². The summed E-state index contributed by atoms with van der Waals surface area (Å²) in [5, 5.41) is 4.00. The number of piperidine rings is 1. The predicted molar refractivity (Wildman–Crippen MR) is 111 cm³/mol. The summed E-state index contributed by atoms with van der Waals surface area (Å²) in [6.45, 7) is 5.32. The Balaban J connectivity index is 1.41. The van der Waals surface area contributed by atoms with Crippen LogP contribution in [0.3, 0.4) is 0 Å². The van der Waals surface area contributed by atoms with Crippen molar-refractivity contribution in [1.82, 2.24) is 15.0 Å². The van der Waals surface area contributed by atoms with Gasteiger partial charge in [0, 0.05) is 25.6 Å². The first-order chi connectivity index (χ1) is 14.5. The molecule has 0 saturated carbocycles. The predicted octanol–water partition coefficient (Wildman–Crippen LogP) is 4.41. The lowest BCUT2D eigenvalue weighted by Gasteiger charge is -2.30. The van der Waals surface area contributed by atoms with Crippen molar-refractivity contribution in [3.63, 3.8) is 0 Å². The van der Waals surface area contributed by atoms with Gasteiger partial charge in [0.2, 0.25) is 5.76 Å². The molecule has 0 spiro atoms. The van der Waals surface area contributed by atoms with E-state index in [2.05, 4.69) is 10.1 Å². The summed E-state index contributed by atoms with van der Waals surface area (Å²) in [7, 11) is 1.65. The third kappa shape index (κ3) is 4.40. The first-order valence-corrected chi connectivity index (χ1v) is 10.4. The second-order valence-corrected chi connectivity index (χ2v) is 8.05. The maximum Gasteiger partial charge on any atom is 0.292 e. The van der Waals surface area contributed by atoms with E-state index in [9.17, 15) is 4.79 Å². The molecule has 1 aliphatic rings. The highest BCUT2D eigenvalue weighted by atomic mass is 16.5. The molecule has 1 aromatic carbocycles. The molecule has 2 aromatic heterocycles. The van der Waals surface area contributed by atoms with Crippen LogP contribution < -0.4 is 4.74 Å². The number of amides is 1. The zero-order valence-corrected chi connectivity index (χ0v) is 17.6. The van der Waals surface area contributed by atoms with Gasteiger partial charge in [0.15, 0.2) is 5.89 Å². The standard InChI is InChI=1S/C23H27N3O4/c1-15(2)20-12-21(30-25-20)23(27)26-10-4-5-17(14-26)22-24-13-19(29-22)11-16-6-8-18(28-3)9-7-16/h6-9,12-13,15,17H,4-5,10-11,14H2,1-3H3/t17-/m1/s1. The minimum Gasteiger partial charge on any atom is -0.497 e. The van der Waals surface area contributed by atoms with Crippen LogP contribution in [0.4, 0.5) is 0 Å². The van der Waals surface area contributed by atoms with Crippen LogP contribution in [0.5, 0.6) is 5.75 Å². The SMILES string of the molecule is COc1ccc(Cc2cnc([C@@H]3CCCN(C(=O)c4cc(C(C)C)no4)C3)o2)cc1. The molecule has 0 bridgehead atoms. The number of ether oxygens (including phenoxy) is 1. The van der Waals surface area contributed by atoms with Crippen LogP contribution in [-0.4, -0.2) is 41.1 Å². The van der Waals surface area contributed by atoms with Gasteiger partial charge in [0.25, 0.3) is 5.91 Å². The number of hydrogen-bond acceptors (Lipinski definition) is 6. The topological polar surface area (TPSA) is 81.6 Å². The van der Waals surface area contributed by atoms with Crippen LogP contribution in [0.25, 0.3) is 0 Å². The molecule has 0 radical (unpaired) electrons. The van der Waals surface area contributed by atoms with Crippen molar-refractivity contribution in [2.75, 3.05) is 20.2 Å². The lowest BCUT2D eigenvalue weighted by Crippen LogP contribution is -2.39. The van der Waals surface area contributed by atoms with Crippen molar-refractivity contribution in [1.29, 1.82) is 0 Å². The summed E-state index contributed by atoms with van der Waals surface area (Å²) in [4.78, 5) is 19.2. The molecule has 4 rings (SSSR count). The van der Waals surface area contributed by atoms with Crippen molar-refractivity contribution < 1.29 is 18.5 Å². The summed E-state index contributed by atoms with van der Waals surface area (Å²) >= 11 is 0. The van der Waals surface area contributed by atoms with E-state index in [1.54, 1.807) is 19.4 Å². The quantitative estimate of drug-likeness (QED) is 0.600. The Hall–Kier alpha value is -3.09. The number of hydrogen-bond donors (Lipinski definition) is 0. The number of carbonyl (C=O) groups excluding carboxylic acids is 1. The van der Waals surface area contributed by atoms with Crippen molar-refractivity contribution >= 4 is 5.91 Å². The molecular weight excluding hydrogens is 382 g/mol. The zero-order valence-electron chi connectivity index (χ0n) is 17.6. The van der Waals surface area contributed by atoms with E-state index in [0.717, 1.165) is 35.6 Å². The van der Waals surface area contributed by atoms with Gasteiger partial charge in [-0.3, -0.25) is 4.79 Å². The van der Waals surface area contributed by atoms with Crippen molar-refractivity contribution in [3.8, 4) is 5.75 Å². The average molecular weight is 409 g/mol. The van der Waals surface area contributed by atoms with Gasteiger partial charge in [-0.15, -0.1) is 0 Å². The van der Waals surface area contributed by atoms with E-state index in [1.807, 2.05) is 43.0 Å². The fourth-order valence-corrected chi connectivity index (χ4v) is 3.72. The van der Waals surface area contributed by atoms with Crippen molar-refractivity contribution in [3.05, 3.63) is 65.2 Å². The van der Waals surface area contributed by atoms with Gasteiger partial charge in [-0.1, -0.05) is 31.1 Å². The molecule has 158 valence electrons. The summed E-state index contributed by atoms with van der Waals surface area (Å²) in [6, 6.07) is 9.65. The van der Waals surface area contributed by atoms with Gasteiger partial charge >= 0.3 is 0 Å². The Morgan fingerprint density at radius 1 is 1.30 bits per heavy atom. The van der Waals surface area contributed by atoms with E-state index in [1.165, 1.54) is 0 Å². The largest absolute Gasteiger partial charge is 0.497 e. The Labute approximate surface area is 176 Å².